The third-order valence-corrected chi connectivity index (χ3v) is 4.43. The van der Waals surface area contributed by atoms with E-state index in [0.29, 0.717) is 18.9 Å². The van der Waals surface area contributed by atoms with Gasteiger partial charge in [-0.15, -0.1) is 0 Å². The molecule has 0 atom stereocenters. The van der Waals surface area contributed by atoms with Crippen molar-refractivity contribution >= 4 is 23.1 Å². The summed E-state index contributed by atoms with van der Waals surface area (Å²) in [6.45, 7) is 4.64. The van der Waals surface area contributed by atoms with Crippen LogP contribution in [-0.2, 0) is 6.18 Å². The van der Waals surface area contributed by atoms with Crippen LogP contribution in [0.3, 0.4) is 0 Å². The predicted molar refractivity (Wildman–Crippen MR) is 96.8 cm³/mol. The van der Waals surface area contributed by atoms with Crippen LogP contribution in [0.4, 0.5) is 19.0 Å². The van der Waals surface area contributed by atoms with Crippen molar-refractivity contribution in [3.63, 3.8) is 0 Å². The Kier molecular flexibility index (Phi) is 6.83. The van der Waals surface area contributed by atoms with E-state index in [2.05, 4.69) is 20.1 Å². The molecule has 0 amide bonds. The van der Waals surface area contributed by atoms with Crippen molar-refractivity contribution < 1.29 is 13.2 Å². The zero-order chi connectivity index (χ0) is 18.4. The average molecular weight is 375 g/mol. The van der Waals surface area contributed by atoms with Gasteiger partial charge in [-0.1, -0.05) is 0 Å². The van der Waals surface area contributed by atoms with Crippen molar-refractivity contribution in [2.24, 2.45) is 0 Å². The Morgan fingerprint density at radius 1 is 1.24 bits per heavy atom. The number of hydrogen-bond donors (Lipinski definition) is 1. The van der Waals surface area contributed by atoms with Crippen LogP contribution in [0.2, 0.25) is 0 Å². The van der Waals surface area contributed by atoms with E-state index in [1.807, 2.05) is 19.0 Å². The van der Waals surface area contributed by atoms with Crippen molar-refractivity contribution in [2.75, 3.05) is 58.3 Å². The summed E-state index contributed by atoms with van der Waals surface area (Å²) in [5.74, 6) is 0.567. The molecule has 1 aliphatic heterocycles. The molecule has 0 aromatic carbocycles. The molecule has 0 saturated carbocycles. The van der Waals surface area contributed by atoms with Gasteiger partial charge in [0.2, 0.25) is 0 Å². The van der Waals surface area contributed by atoms with Crippen molar-refractivity contribution in [3.8, 4) is 0 Å². The second kappa shape index (κ2) is 8.66. The molecular weight excluding hydrogens is 351 g/mol. The minimum Gasteiger partial charge on any atom is -0.363 e. The molecule has 0 bridgehead atoms. The molecule has 1 aromatic heterocycles. The number of rotatable bonds is 5. The van der Waals surface area contributed by atoms with Gasteiger partial charge in [0.05, 0.1) is 5.56 Å². The van der Waals surface area contributed by atoms with Crippen LogP contribution >= 0.6 is 12.2 Å². The van der Waals surface area contributed by atoms with Crippen molar-refractivity contribution in [1.82, 2.24) is 20.1 Å². The number of halogens is 3. The minimum atomic E-state index is -4.35. The summed E-state index contributed by atoms with van der Waals surface area (Å²) in [7, 11) is 4.07. The molecule has 0 spiro atoms. The van der Waals surface area contributed by atoms with E-state index < -0.39 is 11.7 Å². The van der Waals surface area contributed by atoms with E-state index in [1.54, 1.807) is 0 Å². The summed E-state index contributed by atoms with van der Waals surface area (Å²) in [6.07, 6.45) is -2.45. The maximum Gasteiger partial charge on any atom is 0.417 e. The summed E-state index contributed by atoms with van der Waals surface area (Å²) >= 11 is 5.41. The first-order chi connectivity index (χ1) is 11.8. The summed E-state index contributed by atoms with van der Waals surface area (Å²) in [5, 5.41) is 3.99. The number of hydrogen-bond acceptors (Lipinski definition) is 4. The van der Waals surface area contributed by atoms with Gasteiger partial charge in [0.25, 0.3) is 0 Å². The zero-order valence-electron chi connectivity index (χ0n) is 14.5. The van der Waals surface area contributed by atoms with E-state index in [0.717, 1.165) is 50.0 Å². The Hall–Kier alpha value is -1.61. The Morgan fingerprint density at radius 3 is 2.44 bits per heavy atom. The molecule has 5 nitrogen and oxygen atoms in total. The molecule has 1 saturated heterocycles. The first-order valence-corrected chi connectivity index (χ1v) is 8.64. The van der Waals surface area contributed by atoms with Crippen LogP contribution in [-0.4, -0.2) is 73.3 Å². The summed E-state index contributed by atoms with van der Waals surface area (Å²) in [6, 6.07) is 2.50. The second-order valence-electron chi connectivity index (χ2n) is 6.27. The molecule has 1 aliphatic rings. The molecule has 1 N–H and O–H groups in total. The summed E-state index contributed by atoms with van der Waals surface area (Å²) in [4.78, 5) is 10.1. The van der Waals surface area contributed by atoms with Crippen molar-refractivity contribution in [3.05, 3.63) is 23.9 Å². The topological polar surface area (TPSA) is 34.6 Å². The van der Waals surface area contributed by atoms with E-state index in [4.69, 9.17) is 12.2 Å². The lowest BCUT2D eigenvalue weighted by Gasteiger charge is -2.36. The van der Waals surface area contributed by atoms with Crippen LogP contribution in [0, 0.1) is 0 Å². The van der Waals surface area contributed by atoms with Crippen LogP contribution < -0.4 is 10.2 Å². The van der Waals surface area contributed by atoms with E-state index in [9.17, 15) is 13.2 Å². The third-order valence-electron chi connectivity index (χ3n) is 4.02. The average Bonchev–Trinajstić information content (AvgIpc) is 2.58. The Morgan fingerprint density at radius 2 is 1.92 bits per heavy atom. The van der Waals surface area contributed by atoms with E-state index >= 15 is 0 Å². The molecule has 1 fully saturated rings. The first kappa shape index (κ1) is 19.7. The van der Waals surface area contributed by atoms with Gasteiger partial charge in [0.1, 0.15) is 5.82 Å². The molecule has 1 aromatic rings. The fraction of sp³-hybridized carbons (Fsp3) is 0.625. The Labute approximate surface area is 151 Å². The van der Waals surface area contributed by atoms with Gasteiger partial charge >= 0.3 is 6.18 Å². The molecular formula is C16H24F3N5S. The highest BCUT2D eigenvalue weighted by molar-refractivity contribution is 7.80. The summed E-state index contributed by atoms with van der Waals surface area (Å²) < 4.78 is 37.8. The standard InChI is InChI=1S/C16H24F3N5S/c1-22(2)7-3-6-20-15(25)24-10-8-23(9-11-24)14-5-4-13(12-21-14)16(17,18)19/h4-5,12H,3,6-11H2,1-2H3,(H,20,25). The lowest BCUT2D eigenvalue weighted by atomic mass is 10.2. The fourth-order valence-corrected chi connectivity index (χ4v) is 2.87. The number of alkyl halides is 3. The number of piperazine rings is 1. The van der Waals surface area contributed by atoms with Gasteiger partial charge in [-0.05, 0) is 51.4 Å². The van der Waals surface area contributed by atoms with E-state index in [-0.39, 0.29) is 0 Å². The number of aromatic nitrogens is 1. The largest absolute Gasteiger partial charge is 0.417 e. The van der Waals surface area contributed by atoms with Crippen LogP contribution in [0.15, 0.2) is 18.3 Å². The number of anilines is 1. The highest BCUT2D eigenvalue weighted by Crippen LogP contribution is 2.29. The van der Waals surface area contributed by atoms with Crippen LogP contribution in [0.25, 0.3) is 0 Å². The molecule has 0 unspecified atom stereocenters. The highest BCUT2D eigenvalue weighted by atomic mass is 32.1. The first-order valence-electron chi connectivity index (χ1n) is 8.23. The summed E-state index contributed by atoms with van der Waals surface area (Å²) in [5.41, 5.74) is -0.724. The lowest BCUT2D eigenvalue weighted by Crippen LogP contribution is -2.52. The van der Waals surface area contributed by atoms with Crippen molar-refractivity contribution in [2.45, 2.75) is 12.6 Å². The number of pyridine rings is 1. The maximum absolute atomic E-state index is 12.6. The van der Waals surface area contributed by atoms with Gasteiger partial charge in [0.15, 0.2) is 5.11 Å². The van der Waals surface area contributed by atoms with Crippen LogP contribution in [0.1, 0.15) is 12.0 Å². The molecule has 0 aliphatic carbocycles. The van der Waals surface area contributed by atoms with Gasteiger partial charge in [-0.2, -0.15) is 13.2 Å². The molecule has 2 rings (SSSR count). The second-order valence-corrected chi connectivity index (χ2v) is 6.65. The number of nitrogens with one attached hydrogen (secondary N) is 1. The van der Waals surface area contributed by atoms with Gasteiger partial charge in [0, 0.05) is 38.9 Å². The smallest absolute Gasteiger partial charge is 0.363 e. The normalized spacial score (nSPS) is 15.6. The third kappa shape index (κ3) is 6.00. The molecule has 0 radical (unpaired) electrons. The quantitative estimate of drug-likeness (QED) is 0.627. The number of thiocarbonyl (C=S) groups is 1. The lowest BCUT2D eigenvalue weighted by molar-refractivity contribution is -0.137. The molecule has 2 heterocycles. The van der Waals surface area contributed by atoms with Gasteiger partial charge in [-0.3, -0.25) is 0 Å². The molecule has 9 heteroatoms. The Bertz CT molecular complexity index is 554. The molecule has 25 heavy (non-hydrogen) atoms. The zero-order valence-corrected chi connectivity index (χ0v) is 15.3. The van der Waals surface area contributed by atoms with Crippen LogP contribution in [0.5, 0.6) is 0 Å². The molecule has 140 valence electrons. The fourth-order valence-electron chi connectivity index (χ4n) is 2.58. The maximum atomic E-state index is 12.6. The van der Waals surface area contributed by atoms with Gasteiger partial charge < -0.3 is 20.0 Å². The SMILES string of the molecule is CN(C)CCCNC(=S)N1CCN(c2ccc(C(F)(F)F)cn2)CC1. The van der Waals surface area contributed by atoms with Crippen molar-refractivity contribution in [1.29, 1.82) is 0 Å². The highest BCUT2D eigenvalue weighted by Gasteiger charge is 2.31. The minimum absolute atomic E-state index is 0.567. The number of nitrogens with zero attached hydrogens (tertiary/aromatic N) is 4. The van der Waals surface area contributed by atoms with Gasteiger partial charge in [-0.25, -0.2) is 4.98 Å². The van der Waals surface area contributed by atoms with E-state index in [1.165, 1.54) is 6.07 Å². The monoisotopic (exact) mass is 375 g/mol. The predicted octanol–water partition coefficient (Wildman–Crippen LogP) is 2.05. The Balaban J connectivity index is 1.78.